The number of rotatable bonds is 6. The first-order chi connectivity index (χ1) is 14.3. The Hall–Kier alpha value is -3.30. The quantitative estimate of drug-likeness (QED) is 0.248. The maximum Gasteiger partial charge on any atom is 0.433 e. The Morgan fingerprint density at radius 2 is 1.65 bits per heavy atom. The number of nitrogens with zero attached hydrogens (tertiary/aromatic N) is 2. The van der Waals surface area contributed by atoms with Crippen molar-refractivity contribution < 1.29 is 31.1 Å². The number of benzene rings is 1. The SMILES string of the molecule is C=C(Nc1ccc(C)cc1)/C(=C(\N=C(/C)c1ccc(C(F)(F)F)nc1)OC)C(F)(F)F. The molecule has 1 heterocycles. The molecule has 0 amide bonds. The smallest absolute Gasteiger partial charge is 0.433 e. The van der Waals surface area contributed by atoms with Gasteiger partial charge in [0.15, 0.2) is 0 Å². The van der Waals surface area contributed by atoms with Gasteiger partial charge in [0.2, 0.25) is 5.88 Å². The van der Waals surface area contributed by atoms with E-state index in [9.17, 15) is 26.3 Å². The summed E-state index contributed by atoms with van der Waals surface area (Å²) in [6, 6.07) is 8.38. The molecule has 10 heteroatoms. The molecule has 1 N–H and O–H groups in total. The van der Waals surface area contributed by atoms with Gasteiger partial charge in [-0.1, -0.05) is 24.3 Å². The van der Waals surface area contributed by atoms with Gasteiger partial charge in [-0.15, -0.1) is 0 Å². The lowest BCUT2D eigenvalue weighted by atomic mass is 10.1. The molecule has 0 aliphatic carbocycles. The highest BCUT2D eigenvalue weighted by Gasteiger charge is 2.40. The molecule has 0 aliphatic heterocycles. The molecule has 0 aliphatic rings. The monoisotopic (exact) mass is 443 g/mol. The van der Waals surface area contributed by atoms with E-state index in [0.29, 0.717) is 11.8 Å². The Kier molecular flexibility index (Phi) is 7.14. The van der Waals surface area contributed by atoms with Crippen molar-refractivity contribution in [2.45, 2.75) is 26.2 Å². The van der Waals surface area contributed by atoms with E-state index in [1.54, 1.807) is 24.3 Å². The third-order valence-electron chi connectivity index (χ3n) is 4.08. The molecule has 0 fully saturated rings. The van der Waals surface area contributed by atoms with Gasteiger partial charge in [0.25, 0.3) is 0 Å². The van der Waals surface area contributed by atoms with Gasteiger partial charge in [0.1, 0.15) is 11.3 Å². The number of allylic oxidation sites excluding steroid dienone is 1. The standard InChI is InChI=1S/C21H19F6N3O/c1-12-5-8-16(9-6-12)29-14(3)18(21(25,26)27)19(31-4)30-13(2)15-7-10-17(28-11-15)20(22,23)24/h5-11,29H,3H2,1-2,4H3/b19-18-,30-13+. The molecule has 4 nitrogen and oxygen atoms in total. The molecule has 1 aromatic carbocycles. The van der Waals surface area contributed by atoms with Gasteiger partial charge < -0.3 is 10.1 Å². The zero-order valence-electron chi connectivity index (χ0n) is 16.8. The molecule has 0 unspecified atom stereocenters. The van der Waals surface area contributed by atoms with Crippen LogP contribution in [0.15, 0.2) is 71.3 Å². The maximum atomic E-state index is 13.8. The van der Waals surface area contributed by atoms with E-state index in [1.807, 2.05) is 6.92 Å². The van der Waals surface area contributed by atoms with Crippen LogP contribution in [0.3, 0.4) is 0 Å². The molecule has 2 rings (SSSR count). The second-order valence-electron chi connectivity index (χ2n) is 6.48. The van der Waals surface area contributed by atoms with Crippen molar-refractivity contribution >= 4 is 11.4 Å². The van der Waals surface area contributed by atoms with Crippen molar-refractivity contribution in [1.29, 1.82) is 0 Å². The lowest BCUT2D eigenvalue weighted by molar-refractivity contribution is -0.141. The second kappa shape index (κ2) is 9.23. The van der Waals surface area contributed by atoms with Gasteiger partial charge in [-0.05, 0) is 38.1 Å². The number of pyridine rings is 1. The number of nitrogens with one attached hydrogen (secondary N) is 1. The van der Waals surface area contributed by atoms with Gasteiger partial charge in [0.05, 0.1) is 12.8 Å². The number of aryl methyl sites for hydroxylation is 1. The fourth-order valence-corrected chi connectivity index (χ4v) is 2.49. The fraction of sp³-hybridized carbons (Fsp3) is 0.238. The molecule has 0 saturated carbocycles. The molecule has 0 saturated heterocycles. The number of halogens is 6. The van der Waals surface area contributed by atoms with Crippen molar-refractivity contribution in [3.05, 3.63) is 83.1 Å². The van der Waals surface area contributed by atoms with E-state index < -0.39 is 35.2 Å². The van der Waals surface area contributed by atoms with Crippen LogP contribution in [0.5, 0.6) is 0 Å². The Bertz CT molecular complexity index is 988. The zero-order valence-corrected chi connectivity index (χ0v) is 16.8. The summed E-state index contributed by atoms with van der Waals surface area (Å²) in [6.07, 6.45) is -8.63. The van der Waals surface area contributed by atoms with Crippen LogP contribution in [0.2, 0.25) is 0 Å². The number of methoxy groups -OCH3 is 1. The summed E-state index contributed by atoms with van der Waals surface area (Å²) in [6.45, 7) is 6.61. The minimum Gasteiger partial charge on any atom is -0.480 e. The summed E-state index contributed by atoms with van der Waals surface area (Å²) < 4.78 is 84.1. The van der Waals surface area contributed by atoms with Crippen molar-refractivity contribution in [2.75, 3.05) is 12.4 Å². The lowest BCUT2D eigenvalue weighted by Gasteiger charge is -2.18. The molecular weight excluding hydrogens is 424 g/mol. The number of ether oxygens (including phenoxy) is 1. The minimum absolute atomic E-state index is 0.0250. The highest BCUT2D eigenvalue weighted by molar-refractivity contribution is 5.99. The van der Waals surface area contributed by atoms with Crippen LogP contribution in [-0.4, -0.2) is 24.0 Å². The number of aromatic nitrogens is 1. The summed E-state index contributed by atoms with van der Waals surface area (Å²) in [4.78, 5) is 7.11. The van der Waals surface area contributed by atoms with E-state index in [0.717, 1.165) is 24.9 Å². The van der Waals surface area contributed by atoms with Crippen LogP contribution >= 0.6 is 0 Å². The van der Waals surface area contributed by atoms with Crippen molar-refractivity contribution in [1.82, 2.24) is 4.98 Å². The average molecular weight is 443 g/mol. The third kappa shape index (κ3) is 6.34. The van der Waals surface area contributed by atoms with E-state index in [4.69, 9.17) is 4.74 Å². The lowest BCUT2D eigenvalue weighted by Crippen LogP contribution is -2.20. The van der Waals surface area contributed by atoms with E-state index in [2.05, 4.69) is 21.9 Å². The first kappa shape index (κ1) is 24.0. The Morgan fingerprint density at radius 3 is 2.10 bits per heavy atom. The predicted molar refractivity (Wildman–Crippen MR) is 105 cm³/mol. The van der Waals surface area contributed by atoms with Crippen LogP contribution in [0, 0.1) is 6.92 Å². The largest absolute Gasteiger partial charge is 0.480 e. The third-order valence-corrected chi connectivity index (χ3v) is 4.08. The zero-order chi connectivity index (χ0) is 23.4. The van der Waals surface area contributed by atoms with Gasteiger partial charge in [-0.3, -0.25) is 4.98 Å². The van der Waals surface area contributed by atoms with Gasteiger partial charge in [0, 0.05) is 23.1 Å². The van der Waals surface area contributed by atoms with Gasteiger partial charge in [-0.2, -0.15) is 26.3 Å². The van der Waals surface area contributed by atoms with E-state index >= 15 is 0 Å². The van der Waals surface area contributed by atoms with Crippen LogP contribution in [0.4, 0.5) is 32.0 Å². The number of aliphatic imine (C=N–C) groups is 1. The van der Waals surface area contributed by atoms with Crippen LogP contribution in [-0.2, 0) is 10.9 Å². The molecule has 1 aromatic heterocycles. The Balaban J connectivity index is 2.44. The normalized spacial score (nSPS) is 13.5. The summed E-state index contributed by atoms with van der Waals surface area (Å²) in [5.74, 6) is -0.797. The van der Waals surface area contributed by atoms with Crippen LogP contribution in [0.1, 0.15) is 23.7 Å². The Morgan fingerprint density at radius 1 is 1.03 bits per heavy atom. The second-order valence-corrected chi connectivity index (χ2v) is 6.48. The van der Waals surface area contributed by atoms with Crippen molar-refractivity contribution in [3.8, 4) is 0 Å². The summed E-state index contributed by atoms with van der Waals surface area (Å²) >= 11 is 0. The Labute approximate surface area is 175 Å². The highest BCUT2D eigenvalue weighted by atomic mass is 19.4. The average Bonchev–Trinajstić information content (AvgIpc) is 2.67. The minimum atomic E-state index is -4.87. The van der Waals surface area contributed by atoms with Gasteiger partial charge in [-0.25, -0.2) is 4.99 Å². The summed E-state index contributed by atoms with van der Waals surface area (Å²) in [5, 5.41) is 2.57. The van der Waals surface area contributed by atoms with Crippen LogP contribution in [0.25, 0.3) is 0 Å². The van der Waals surface area contributed by atoms with Gasteiger partial charge >= 0.3 is 12.4 Å². The summed E-state index contributed by atoms with van der Waals surface area (Å²) in [7, 11) is 1.00. The first-order valence-electron chi connectivity index (χ1n) is 8.80. The molecule has 0 bridgehead atoms. The van der Waals surface area contributed by atoms with E-state index in [-0.39, 0.29) is 11.3 Å². The maximum absolute atomic E-state index is 13.8. The molecular formula is C21H19F6N3O. The molecule has 0 atom stereocenters. The molecule has 31 heavy (non-hydrogen) atoms. The number of hydrogen-bond acceptors (Lipinski definition) is 4. The van der Waals surface area contributed by atoms with Crippen molar-refractivity contribution in [3.63, 3.8) is 0 Å². The summed E-state index contributed by atoms with van der Waals surface area (Å²) in [5.41, 5.74) is -1.52. The number of hydrogen-bond donors (Lipinski definition) is 1. The topological polar surface area (TPSA) is 46.5 Å². The van der Waals surface area contributed by atoms with E-state index in [1.165, 1.54) is 6.92 Å². The molecule has 2 aromatic rings. The molecule has 0 radical (unpaired) electrons. The highest BCUT2D eigenvalue weighted by Crippen LogP contribution is 2.35. The molecule has 166 valence electrons. The predicted octanol–water partition coefficient (Wildman–Crippen LogP) is 6.26. The number of alkyl halides is 6. The number of anilines is 1. The first-order valence-corrected chi connectivity index (χ1v) is 8.80. The van der Waals surface area contributed by atoms with Crippen molar-refractivity contribution in [2.24, 2.45) is 4.99 Å². The van der Waals surface area contributed by atoms with Crippen LogP contribution < -0.4 is 5.32 Å². The fourth-order valence-electron chi connectivity index (χ4n) is 2.49. The molecule has 0 spiro atoms.